The topological polar surface area (TPSA) is 58.2 Å². The van der Waals surface area contributed by atoms with Crippen LogP contribution in [0.25, 0.3) is 0 Å². The Morgan fingerprint density at radius 2 is 1.35 bits per heavy atom. The molecule has 0 atom stereocenters. The minimum Gasteiger partial charge on any atom is -0.359 e. The van der Waals surface area contributed by atoms with E-state index in [0.29, 0.717) is 12.8 Å². The second-order valence-electron chi connectivity index (χ2n) is 3.87. The van der Waals surface area contributed by atoms with Crippen molar-refractivity contribution in [1.29, 1.82) is 0 Å². The van der Waals surface area contributed by atoms with E-state index >= 15 is 0 Å². The van der Waals surface area contributed by atoms with E-state index in [1.165, 1.54) is 0 Å². The third kappa shape index (κ3) is 5.49. The van der Waals surface area contributed by atoms with Crippen molar-refractivity contribution in [1.82, 2.24) is 9.96 Å². The highest BCUT2D eigenvalue weighted by molar-refractivity contribution is 6.87. The molecule has 0 aromatic carbocycles. The Morgan fingerprint density at radius 3 is 1.59 bits per heavy atom. The van der Waals surface area contributed by atoms with Gasteiger partial charge in [-0.3, -0.25) is 9.59 Å². The van der Waals surface area contributed by atoms with Gasteiger partial charge in [-0.25, -0.2) is 0 Å². The Kier molecular flexibility index (Phi) is 7.21. The summed E-state index contributed by atoms with van der Waals surface area (Å²) in [6.45, 7) is 11.2. The summed E-state index contributed by atoms with van der Waals surface area (Å²) >= 11 is 0. The molecule has 96 valence electrons. The van der Waals surface area contributed by atoms with Gasteiger partial charge in [0.05, 0.1) is 0 Å². The number of amides is 2. The summed E-state index contributed by atoms with van der Waals surface area (Å²) < 4.78 is 0. The zero-order valence-electron chi connectivity index (χ0n) is 10.7. The van der Waals surface area contributed by atoms with Gasteiger partial charge < -0.3 is 9.96 Å². The van der Waals surface area contributed by atoms with Crippen LogP contribution in [-0.2, 0) is 9.59 Å². The summed E-state index contributed by atoms with van der Waals surface area (Å²) in [6, 6.07) is 0. The van der Waals surface area contributed by atoms with Crippen molar-refractivity contribution >= 4 is 20.2 Å². The molecule has 17 heavy (non-hydrogen) atoms. The van der Waals surface area contributed by atoms with Gasteiger partial charge in [0.1, 0.15) is 0 Å². The Labute approximate surface area is 104 Å². The SMILES string of the molecule is C=C[Si](C=C)(NC(=O)CCC)NC(=O)CCC. The standard InChI is InChI=1S/C12H22N2O2Si/c1-5-9-11(15)13-17(7-3,8-4)14-12(16)10-6-2/h7-8H,3-6,9-10H2,1-2H3,(H,13,15)(H,14,16). The van der Waals surface area contributed by atoms with E-state index in [4.69, 9.17) is 0 Å². The van der Waals surface area contributed by atoms with E-state index in [1.807, 2.05) is 13.8 Å². The molecule has 0 aliphatic heterocycles. The predicted octanol–water partition coefficient (Wildman–Crippen LogP) is 1.71. The lowest BCUT2D eigenvalue weighted by Crippen LogP contribution is -2.63. The highest BCUT2D eigenvalue weighted by Crippen LogP contribution is 2.01. The first kappa shape index (κ1) is 15.6. The average molecular weight is 254 g/mol. The summed E-state index contributed by atoms with van der Waals surface area (Å²) in [5, 5.41) is 0. The molecule has 0 aliphatic rings. The molecule has 0 radical (unpaired) electrons. The normalized spacial score (nSPS) is 10.5. The summed E-state index contributed by atoms with van der Waals surface area (Å²) in [5.74, 6) is -0.147. The number of carbonyl (C=O) groups excluding carboxylic acids is 2. The molecule has 0 spiro atoms. The lowest BCUT2D eigenvalue weighted by atomic mass is 10.3. The minimum atomic E-state index is -2.62. The number of rotatable bonds is 8. The summed E-state index contributed by atoms with van der Waals surface area (Å²) in [7, 11) is -2.62. The van der Waals surface area contributed by atoms with Crippen molar-refractivity contribution in [3.8, 4) is 0 Å². The molecule has 2 N–H and O–H groups in total. The van der Waals surface area contributed by atoms with Crippen LogP contribution in [0.5, 0.6) is 0 Å². The Morgan fingerprint density at radius 1 is 1.00 bits per heavy atom. The zero-order chi connectivity index (χ0) is 13.3. The van der Waals surface area contributed by atoms with Gasteiger partial charge in [0.15, 0.2) is 0 Å². The fraction of sp³-hybridized carbons (Fsp3) is 0.500. The number of hydrogen-bond acceptors (Lipinski definition) is 2. The van der Waals surface area contributed by atoms with Gasteiger partial charge in [0.2, 0.25) is 11.8 Å². The second kappa shape index (κ2) is 7.84. The van der Waals surface area contributed by atoms with E-state index < -0.39 is 8.40 Å². The lowest BCUT2D eigenvalue weighted by Gasteiger charge is -2.26. The van der Waals surface area contributed by atoms with Crippen LogP contribution in [0.4, 0.5) is 0 Å². The summed E-state index contributed by atoms with van der Waals surface area (Å²) in [4.78, 5) is 28.9. The molecule has 0 aliphatic carbocycles. The Hall–Kier alpha value is -1.36. The van der Waals surface area contributed by atoms with Gasteiger partial charge in [0, 0.05) is 12.8 Å². The molecule has 0 unspecified atom stereocenters. The number of hydrogen-bond donors (Lipinski definition) is 2. The van der Waals surface area contributed by atoms with Crippen LogP contribution in [0.1, 0.15) is 39.5 Å². The van der Waals surface area contributed by atoms with Crippen LogP contribution in [0.15, 0.2) is 24.6 Å². The first-order valence-electron chi connectivity index (χ1n) is 5.92. The maximum atomic E-state index is 11.6. The molecule has 0 aromatic rings. The fourth-order valence-corrected chi connectivity index (χ4v) is 3.17. The van der Waals surface area contributed by atoms with Crippen LogP contribution < -0.4 is 9.96 Å². The molecule has 5 heteroatoms. The monoisotopic (exact) mass is 254 g/mol. The molecule has 4 nitrogen and oxygen atoms in total. The number of nitrogens with one attached hydrogen (secondary N) is 2. The Balaban J connectivity index is 4.66. The van der Waals surface area contributed by atoms with Crippen LogP contribution in [-0.4, -0.2) is 20.2 Å². The first-order valence-corrected chi connectivity index (χ1v) is 8.08. The van der Waals surface area contributed by atoms with Crippen molar-refractivity contribution in [2.45, 2.75) is 39.5 Å². The predicted molar refractivity (Wildman–Crippen MR) is 72.2 cm³/mol. The quantitative estimate of drug-likeness (QED) is 0.648. The molecule has 0 saturated carbocycles. The van der Waals surface area contributed by atoms with Crippen molar-refractivity contribution in [3.05, 3.63) is 24.6 Å². The van der Waals surface area contributed by atoms with Gasteiger partial charge in [-0.15, -0.1) is 13.2 Å². The van der Waals surface area contributed by atoms with Crippen LogP contribution in [0, 0.1) is 0 Å². The molecular weight excluding hydrogens is 232 g/mol. The van der Waals surface area contributed by atoms with Crippen LogP contribution >= 0.6 is 0 Å². The van der Waals surface area contributed by atoms with E-state index in [-0.39, 0.29) is 11.8 Å². The summed E-state index contributed by atoms with van der Waals surface area (Å²) in [5.41, 5.74) is 3.22. The third-order valence-corrected chi connectivity index (χ3v) is 4.96. The molecule has 0 rings (SSSR count). The van der Waals surface area contributed by atoms with Gasteiger partial charge in [0.25, 0.3) is 0 Å². The number of carbonyl (C=O) groups is 2. The zero-order valence-corrected chi connectivity index (χ0v) is 11.7. The molecule has 0 bridgehead atoms. The van der Waals surface area contributed by atoms with Gasteiger partial charge in [-0.05, 0) is 12.8 Å². The third-order valence-electron chi connectivity index (χ3n) is 2.29. The summed E-state index contributed by atoms with van der Waals surface area (Å²) in [6.07, 6.45) is 2.43. The average Bonchev–Trinajstić information content (AvgIpc) is 2.28. The first-order chi connectivity index (χ1) is 8.03. The second-order valence-corrected chi connectivity index (χ2v) is 6.93. The van der Waals surface area contributed by atoms with Gasteiger partial charge in [-0.2, -0.15) is 0 Å². The van der Waals surface area contributed by atoms with Crippen LogP contribution in [0.3, 0.4) is 0 Å². The van der Waals surface area contributed by atoms with Crippen LogP contribution in [0.2, 0.25) is 0 Å². The van der Waals surface area contributed by atoms with Gasteiger partial charge in [-0.1, -0.05) is 25.2 Å². The molecule has 0 heterocycles. The lowest BCUT2D eigenvalue weighted by molar-refractivity contribution is -0.119. The minimum absolute atomic E-state index is 0.0734. The van der Waals surface area contributed by atoms with Crippen molar-refractivity contribution < 1.29 is 9.59 Å². The maximum absolute atomic E-state index is 11.6. The highest BCUT2D eigenvalue weighted by Gasteiger charge is 2.31. The van der Waals surface area contributed by atoms with E-state index in [9.17, 15) is 9.59 Å². The van der Waals surface area contributed by atoms with Gasteiger partial charge >= 0.3 is 8.40 Å². The molecule has 2 amide bonds. The van der Waals surface area contributed by atoms with E-state index in [0.717, 1.165) is 12.8 Å². The largest absolute Gasteiger partial charge is 0.359 e. The Bertz CT molecular complexity index is 273. The van der Waals surface area contributed by atoms with E-state index in [2.05, 4.69) is 23.1 Å². The maximum Gasteiger partial charge on any atom is 0.314 e. The fourth-order valence-electron chi connectivity index (χ4n) is 1.36. The smallest absolute Gasteiger partial charge is 0.314 e. The highest BCUT2D eigenvalue weighted by atomic mass is 28.3. The van der Waals surface area contributed by atoms with Crippen molar-refractivity contribution in [2.24, 2.45) is 0 Å². The molecule has 0 saturated heterocycles. The molecule has 0 fully saturated rings. The van der Waals surface area contributed by atoms with Crippen molar-refractivity contribution in [3.63, 3.8) is 0 Å². The molecule has 0 aromatic heterocycles. The van der Waals surface area contributed by atoms with Crippen molar-refractivity contribution in [2.75, 3.05) is 0 Å². The van der Waals surface area contributed by atoms with E-state index in [1.54, 1.807) is 11.4 Å². The molecular formula is C12H22N2O2Si.